The highest BCUT2D eigenvalue weighted by atomic mass is 35.5. The summed E-state index contributed by atoms with van der Waals surface area (Å²) < 4.78 is 0. The van der Waals surface area contributed by atoms with Crippen LogP contribution in [0.3, 0.4) is 0 Å². The first-order valence-electron chi connectivity index (χ1n) is 13.0. The van der Waals surface area contributed by atoms with Crippen LogP contribution in [0.4, 0.5) is 11.4 Å². The van der Waals surface area contributed by atoms with E-state index in [2.05, 4.69) is 16.0 Å². The van der Waals surface area contributed by atoms with Crippen LogP contribution in [0.5, 0.6) is 0 Å². The normalized spacial score (nSPS) is 11.9. The van der Waals surface area contributed by atoms with Crippen molar-refractivity contribution in [1.29, 1.82) is 0 Å². The van der Waals surface area contributed by atoms with Gasteiger partial charge < -0.3 is 16.0 Å². The van der Waals surface area contributed by atoms with Crippen molar-refractivity contribution in [3.8, 4) is 0 Å². The zero-order valence-electron chi connectivity index (χ0n) is 22.9. The lowest BCUT2D eigenvalue weighted by atomic mass is 10.1. The number of aryl methyl sites for hydroxylation is 2. The second-order valence-electron chi connectivity index (χ2n) is 9.48. The van der Waals surface area contributed by atoms with Crippen LogP contribution in [0.15, 0.2) is 108 Å². The third-order valence-corrected chi connectivity index (χ3v) is 7.44. The highest BCUT2D eigenvalue weighted by molar-refractivity contribution is 8.00. The van der Waals surface area contributed by atoms with Crippen molar-refractivity contribution < 1.29 is 14.4 Å². The Morgan fingerprint density at radius 1 is 0.829 bits per heavy atom. The van der Waals surface area contributed by atoms with Gasteiger partial charge in [-0.2, -0.15) is 0 Å². The largest absolute Gasteiger partial charge is 0.325 e. The standard InChI is InChI=1S/C33H30ClN3O3S/c1-21-9-7-10-24(17-21)18-30(37-32(39)25-11-5-4-6-12-25)33(40)35-27-13-8-14-28(20-27)41-23(3)31(38)36-29-19-26(34)16-15-22(29)2/h4-20,23H,1-3H3,(H,35,40)(H,36,38)(H,37,39)/b30-18+. The van der Waals surface area contributed by atoms with Gasteiger partial charge >= 0.3 is 0 Å². The SMILES string of the molecule is Cc1cccc(/C=C(/NC(=O)c2ccccc2)C(=O)Nc2cccc(SC(C)C(=O)Nc3cc(Cl)ccc3C)c2)c1. The van der Waals surface area contributed by atoms with E-state index in [1.807, 2.05) is 63.2 Å². The molecule has 0 radical (unpaired) electrons. The maximum absolute atomic E-state index is 13.4. The second-order valence-corrected chi connectivity index (χ2v) is 11.3. The fourth-order valence-electron chi connectivity index (χ4n) is 3.94. The van der Waals surface area contributed by atoms with Gasteiger partial charge in [-0.3, -0.25) is 14.4 Å². The quantitative estimate of drug-likeness (QED) is 0.141. The molecule has 1 atom stereocenters. The lowest BCUT2D eigenvalue weighted by molar-refractivity contribution is -0.115. The third kappa shape index (κ3) is 8.58. The molecular formula is C33H30ClN3O3S. The molecule has 4 rings (SSSR count). The van der Waals surface area contributed by atoms with Gasteiger partial charge in [0.05, 0.1) is 5.25 Å². The van der Waals surface area contributed by atoms with E-state index in [-0.39, 0.29) is 11.6 Å². The third-order valence-electron chi connectivity index (χ3n) is 6.11. The van der Waals surface area contributed by atoms with Gasteiger partial charge in [-0.1, -0.05) is 71.8 Å². The summed E-state index contributed by atoms with van der Waals surface area (Å²) in [6, 6.07) is 28.9. The molecule has 0 aliphatic heterocycles. The molecule has 41 heavy (non-hydrogen) atoms. The molecule has 0 aromatic heterocycles. The highest BCUT2D eigenvalue weighted by Crippen LogP contribution is 2.28. The van der Waals surface area contributed by atoms with Crippen molar-refractivity contribution >= 4 is 58.5 Å². The number of carbonyl (C=O) groups excluding carboxylic acids is 3. The molecule has 6 nitrogen and oxygen atoms in total. The number of hydrogen-bond donors (Lipinski definition) is 3. The van der Waals surface area contributed by atoms with Crippen LogP contribution in [0.25, 0.3) is 6.08 Å². The topological polar surface area (TPSA) is 87.3 Å². The van der Waals surface area contributed by atoms with E-state index in [4.69, 9.17) is 11.6 Å². The van der Waals surface area contributed by atoms with Crippen LogP contribution in [-0.2, 0) is 9.59 Å². The molecule has 1 unspecified atom stereocenters. The Balaban J connectivity index is 1.48. The minimum atomic E-state index is -0.472. The van der Waals surface area contributed by atoms with Crippen molar-refractivity contribution in [2.75, 3.05) is 10.6 Å². The lowest BCUT2D eigenvalue weighted by Gasteiger charge is -2.15. The number of nitrogens with one attached hydrogen (secondary N) is 3. The number of rotatable bonds is 9. The van der Waals surface area contributed by atoms with Gasteiger partial charge in [-0.05, 0) is 80.4 Å². The average Bonchev–Trinajstić information content (AvgIpc) is 2.95. The van der Waals surface area contributed by atoms with Crippen LogP contribution in [0.1, 0.15) is 34.0 Å². The number of halogens is 1. The molecule has 208 valence electrons. The van der Waals surface area contributed by atoms with Crippen molar-refractivity contribution in [2.45, 2.75) is 30.9 Å². The summed E-state index contributed by atoms with van der Waals surface area (Å²) >= 11 is 7.45. The summed E-state index contributed by atoms with van der Waals surface area (Å²) in [5.74, 6) is -1.03. The van der Waals surface area contributed by atoms with Gasteiger partial charge in [0.1, 0.15) is 5.70 Å². The van der Waals surface area contributed by atoms with Crippen LogP contribution < -0.4 is 16.0 Å². The molecule has 0 aliphatic carbocycles. The van der Waals surface area contributed by atoms with E-state index >= 15 is 0 Å². The van der Waals surface area contributed by atoms with Crippen molar-refractivity contribution in [2.24, 2.45) is 0 Å². The zero-order chi connectivity index (χ0) is 29.4. The number of thioether (sulfide) groups is 1. The van der Waals surface area contributed by atoms with Gasteiger partial charge in [-0.15, -0.1) is 11.8 Å². The molecule has 0 fully saturated rings. The number of hydrogen-bond acceptors (Lipinski definition) is 4. The molecule has 0 bridgehead atoms. The molecule has 3 N–H and O–H groups in total. The molecule has 8 heteroatoms. The molecular weight excluding hydrogens is 554 g/mol. The predicted molar refractivity (Wildman–Crippen MR) is 168 cm³/mol. The second kappa shape index (κ2) is 13.8. The van der Waals surface area contributed by atoms with Gasteiger partial charge in [0.15, 0.2) is 0 Å². The summed E-state index contributed by atoms with van der Waals surface area (Å²) in [5, 5.41) is 8.70. The molecule has 0 heterocycles. The predicted octanol–water partition coefficient (Wildman–Crippen LogP) is 7.49. The molecule has 0 spiro atoms. The Hall–Kier alpha value is -4.33. The molecule has 0 saturated carbocycles. The fourth-order valence-corrected chi connectivity index (χ4v) is 5.03. The van der Waals surface area contributed by atoms with Gasteiger partial charge in [-0.25, -0.2) is 0 Å². The smallest absolute Gasteiger partial charge is 0.272 e. The highest BCUT2D eigenvalue weighted by Gasteiger charge is 2.18. The molecule has 0 saturated heterocycles. The van der Waals surface area contributed by atoms with Crippen LogP contribution in [0, 0.1) is 13.8 Å². The van der Waals surface area contributed by atoms with E-state index in [9.17, 15) is 14.4 Å². The van der Waals surface area contributed by atoms with Crippen LogP contribution in [0.2, 0.25) is 5.02 Å². The lowest BCUT2D eigenvalue weighted by Crippen LogP contribution is -2.30. The maximum Gasteiger partial charge on any atom is 0.272 e. The van der Waals surface area contributed by atoms with Gasteiger partial charge in [0, 0.05) is 26.9 Å². The average molecular weight is 584 g/mol. The summed E-state index contributed by atoms with van der Waals surface area (Å²) in [5.41, 5.74) is 4.47. The van der Waals surface area contributed by atoms with Crippen molar-refractivity contribution in [3.63, 3.8) is 0 Å². The first-order chi connectivity index (χ1) is 19.7. The van der Waals surface area contributed by atoms with E-state index in [1.54, 1.807) is 60.7 Å². The molecule has 4 aromatic rings. The monoisotopic (exact) mass is 583 g/mol. The summed E-state index contributed by atoms with van der Waals surface area (Å²) in [6.45, 7) is 5.67. The fraction of sp³-hybridized carbons (Fsp3) is 0.121. The number of amides is 3. The first kappa shape index (κ1) is 29.6. The first-order valence-corrected chi connectivity index (χ1v) is 14.2. The molecule has 0 aliphatic rings. The maximum atomic E-state index is 13.4. The summed E-state index contributed by atoms with van der Waals surface area (Å²) in [4.78, 5) is 39.9. The van der Waals surface area contributed by atoms with Crippen molar-refractivity contribution in [1.82, 2.24) is 5.32 Å². The van der Waals surface area contributed by atoms with E-state index in [0.717, 1.165) is 21.6 Å². The van der Waals surface area contributed by atoms with Crippen molar-refractivity contribution in [3.05, 3.63) is 130 Å². The zero-order valence-corrected chi connectivity index (χ0v) is 24.5. The van der Waals surface area contributed by atoms with Gasteiger partial charge in [0.25, 0.3) is 11.8 Å². The summed E-state index contributed by atoms with van der Waals surface area (Å²) in [6.07, 6.45) is 1.64. The van der Waals surface area contributed by atoms with Crippen LogP contribution >= 0.6 is 23.4 Å². The molecule has 4 aromatic carbocycles. The van der Waals surface area contributed by atoms with E-state index in [0.29, 0.717) is 22.0 Å². The molecule has 3 amide bonds. The Labute approximate surface area is 249 Å². The summed E-state index contributed by atoms with van der Waals surface area (Å²) in [7, 11) is 0. The number of carbonyl (C=O) groups is 3. The number of anilines is 2. The van der Waals surface area contributed by atoms with E-state index in [1.165, 1.54) is 11.8 Å². The van der Waals surface area contributed by atoms with Crippen LogP contribution in [-0.4, -0.2) is 23.0 Å². The minimum Gasteiger partial charge on any atom is -0.325 e. The Bertz CT molecular complexity index is 1600. The Kier molecular flexibility index (Phi) is 10.0. The Morgan fingerprint density at radius 3 is 2.34 bits per heavy atom. The minimum absolute atomic E-state index is 0.104. The number of benzene rings is 4. The van der Waals surface area contributed by atoms with E-state index < -0.39 is 17.1 Å². The Morgan fingerprint density at radius 2 is 1.59 bits per heavy atom. The van der Waals surface area contributed by atoms with Gasteiger partial charge in [0.2, 0.25) is 5.91 Å².